The van der Waals surface area contributed by atoms with Gasteiger partial charge >= 0.3 is 0 Å². The molecule has 0 amide bonds. The molecule has 0 saturated heterocycles. The first kappa shape index (κ1) is 19.6. The second-order valence-corrected chi connectivity index (χ2v) is 5.79. The summed E-state index contributed by atoms with van der Waals surface area (Å²) in [6.45, 7) is 9.98. The number of thiazole rings is 1. The summed E-state index contributed by atoms with van der Waals surface area (Å²) >= 11 is 1.73. The van der Waals surface area contributed by atoms with E-state index >= 15 is 0 Å². The number of likely N-dealkylation sites (N-methyl/N-ethyl adjacent to an activating group) is 1. The molecule has 0 atom stereocenters. The second-order valence-electron chi connectivity index (χ2n) is 4.50. The Morgan fingerprint density at radius 1 is 1.35 bits per heavy atom. The highest BCUT2D eigenvalue weighted by molar-refractivity contribution is 14.0. The molecule has 0 bridgehead atoms. The molecule has 1 aromatic heterocycles. The molecule has 0 aliphatic heterocycles. The van der Waals surface area contributed by atoms with Gasteiger partial charge in [0.2, 0.25) is 0 Å². The predicted octanol–water partition coefficient (Wildman–Crippen LogP) is 1.99. The molecule has 0 aromatic carbocycles. The Labute approximate surface area is 143 Å². The third-order valence-electron chi connectivity index (χ3n) is 3.03. The number of guanidine groups is 1. The maximum atomic E-state index is 4.50. The molecule has 1 rings (SSSR count). The van der Waals surface area contributed by atoms with E-state index in [1.54, 1.807) is 18.4 Å². The van der Waals surface area contributed by atoms with Crippen LogP contribution >= 0.6 is 35.3 Å². The number of hydrogen-bond donors (Lipinski definition) is 2. The third-order valence-corrected chi connectivity index (χ3v) is 4.10. The number of aryl methyl sites for hydroxylation is 2. The molecule has 0 aliphatic rings. The molecule has 0 unspecified atom stereocenters. The number of nitrogens with zero attached hydrogens (tertiary/aromatic N) is 3. The Morgan fingerprint density at radius 3 is 2.55 bits per heavy atom. The summed E-state index contributed by atoms with van der Waals surface area (Å²) < 4.78 is 0. The maximum absolute atomic E-state index is 4.50. The summed E-state index contributed by atoms with van der Waals surface area (Å²) in [5.41, 5.74) is 1.12. The minimum Gasteiger partial charge on any atom is -0.355 e. The standard InChI is InChI=1S/C13H25N5S.HI/c1-6-18(5)8-7-15-13(14-4)16-9-12-17-10(2)11(3)19-12;/h6-9H2,1-5H3,(H2,14,15,16);1H. The molecular formula is C13H26IN5S. The summed E-state index contributed by atoms with van der Waals surface area (Å²) in [5.74, 6) is 0.829. The van der Waals surface area contributed by atoms with Gasteiger partial charge in [-0.2, -0.15) is 0 Å². The second kappa shape index (κ2) is 10.3. The van der Waals surface area contributed by atoms with E-state index in [-0.39, 0.29) is 24.0 Å². The van der Waals surface area contributed by atoms with Crippen LogP contribution in [0.15, 0.2) is 4.99 Å². The van der Waals surface area contributed by atoms with Crippen molar-refractivity contribution in [1.82, 2.24) is 20.5 Å². The molecule has 0 aliphatic carbocycles. The van der Waals surface area contributed by atoms with Crippen LogP contribution in [0.3, 0.4) is 0 Å². The van der Waals surface area contributed by atoms with Crippen LogP contribution < -0.4 is 10.6 Å². The van der Waals surface area contributed by atoms with Gasteiger partial charge in [0, 0.05) is 25.0 Å². The third kappa shape index (κ3) is 6.85. The molecule has 1 heterocycles. The average molecular weight is 411 g/mol. The molecule has 1 aromatic rings. The number of aromatic nitrogens is 1. The van der Waals surface area contributed by atoms with Crippen LogP contribution in [0.5, 0.6) is 0 Å². The van der Waals surface area contributed by atoms with Gasteiger partial charge in [-0.1, -0.05) is 6.92 Å². The summed E-state index contributed by atoms with van der Waals surface area (Å²) in [5, 5.41) is 7.69. The highest BCUT2D eigenvalue weighted by Gasteiger charge is 2.04. The van der Waals surface area contributed by atoms with E-state index in [1.165, 1.54) is 4.88 Å². The molecule has 0 radical (unpaired) electrons. The highest BCUT2D eigenvalue weighted by atomic mass is 127. The fraction of sp³-hybridized carbons (Fsp3) is 0.692. The van der Waals surface area contributed by atoms with Gasteiger partial charge in [0.1, 0.15) is 5.01 Å². The Bertz CT molecular complexity index is 399. The van der Waals surface area contributed by atoms with Gasteiger partial charge in [0.25, 0.3) is 0 Å². The topological polar surface area (TPSA) is 52.5 Å². The van der Waals surface area contributed by atoms with Crippen molar-refractivity contribution < 1.29 is 0 Å². The molecule has 0 fully saturated rings. The van der Waals surface area contributed by atoms with Crippen molar-refractivity contribution in [2.45, 2.75) is 27.3 Å². The van der Waals surface area contributed by atoms with Crippen LogP contribution in [0.2, 0.25) is 0 Å². The summed E-state index contributed by atoms with van der Waals surface area (Å²) in [7, 11) is 3.90. The Balaban J connectivity index is 0.00000361. The Hall–Kier alpha value is -0.410. The van der Waals surface area contributed by atoms with E-state index in [0.717, 1.165) is 42.8 Å². The Morgan fingerprint density at radius 2 is 2.05 bits per heavy atom. The first-order chi connectivity index (χ1) is 9.06. The lowest BCUT2D eigenvalue weighted by atomic mass is 10.4. The van der Waals surface area contributed by atoms with Crippen LogP contribution in [-0.4, -0.2) is 49.6 Å². The van der Waals surface area contributed by atoms with Gasteiger partial charge in [0.05, 0.1) is 12.2 Å². The maximum Gasteiger partial charge on any atom is 0.191 e. The molecule has 20 heavy (non-hydrogen) atoms. The molecule has 5 nitrogen and oxygen atoms in total. The van der Waals surface area contributed by atoms with Crippen molar-refractivity contribution in [1.29, 1.82) is 0 Å². The number of rotatable bonds is 6. The average Bonchev–Trinajstić information content (AvgIpc) is 2.72. The quantitative estimate of drug-likeness (QED) is 0.427. The molecule has 0 spiro atoms. The van der Waals surface area contributed by atoms with Gasteiger partial charge in [-0.15, -0.1) is 35.3 Å². The van der Waals surface area contributed by atoms with Crippen LogP contribution in [-0.2, 0) is 6.54 Å². The van der Waals surface area contributed by atoms with E-state index in [2.05, 4.69) is 46.4 Å². The van der Waals surface area contributed by atoms with E-state index in [9.17, 15) is 0 Å². The summed E-state index contributed by atoms with van der Waals surface area (Å²) in [6.07, 6.45) is 0. The largest absolute Gasteiger partial charge is 0.355 e. The number of aliphatic imine (C=N–C) groups is 1. The zero-order valence-electron chi connectivity index (χ0n) is 13.0. The zero-order chi connectivity index (χ0) is 14.3. The van der Waals surface area contributed by atoms with E-state index in [1.807, 2.05) is 6.92 Å². The minimum absolute atomic E-state index is 0. The van der Waals surface area contributed by atoms with E-state index in [0.29, 0.717) is 0 Å². The molecule has 0 saturated carbocycles. The van der Waals surface area contributed by atoms with Gasteiger partial charge in [0.15, 0.2) is 5.96 Å². The van der Waals surface area contributed by atoms with Crippen molar-refractivity contribution in [3.63, 3.8) is 0 Å². The van der Waals surface area contributed by atoms with Crippen molar-refractivity contribution in [3.8, 4) is 0 Å². The van der Waals surface area contributed by atoms with Crippen molar-refractivity contribution in [3.05, 3.63) is 15.6 Å². The molecular weight excluding hydrogens is 385 g/mol. The van der Waals surface area contributed by atoms with E-state index < -0.39 is 0 Å². The van der Waals surface area contributed by atoms with Crippen LogP contribution in [0, 0.1) is 13.8 Å². The number of hydrogen-bond acceptors (Lipinski definition) is 4. The van der Waals surface area contributed by atoms with Gasteiger partial charge in [-0.3, -0.25) is 4.99 Å². The van der Waals surface area contributed by atoms with Crippen LogP contribution in [0.1, 0.15) is 22.5 Å². The van der Waals surface area contributed by atoms with Crippen molar-refractivity contribution >= 4 is 41.3 Å². The van der Waals surface area contributed by atoms with Gasteiger partial charge in [-0.05, 0) is 27.4 Å². The molecule has 7 heteroatoms. The fourth-order valence-corrected chi connectivity index (χ4v) is 2.39. The number of nitrogens with one attached hydrogen (secondary N) is 2. The first-order valence-electron chi connectivity index (χ1n) is 6.62. The smallest absolute Gasteiger partial charge is 0.191 e. The van der Waals surface area contributed by atoms with E-state index in [4.69, 9.17) is 0 Å². The SMILES string of the molecule is CCN(C)CCNC(=NC)NCc1nc(C)c(C)s1.I. The minimum atomic E-state index is 0. The lowest BCUT2D eigenvalue weighted by molar-refractivity contribution is 0.357. The summed E-state index contributed by atoms with van der Waals surface area (Å²) in [6, 6.07) is 0. The lowest BCUT2D eigenvalue weighted by Crippen LogP contribution is -2.40. The normalized spacial score (nSPS) is 11.4. The molecule has 2 N–H and O–H groups in total. The van der Waals surface area contributed by atoms with Gasteiger partial charge in [-0.25, -0.2) is 4.98 Å². The van der Waals surface area contributed by atoms with Crippen molar-refractivity contribution in [2.75, 3.05) is 33.7 Å². The van der Waals surface area contributed by atoms with Crippen molar-refractivity contribution in [2.24, 2.45) is 4.99 Å². The first-order valence-corrected chi connectivity index (χ1v) is 7.44. The highest BCUT2D eigenvalue weighted by Crippen LogP contribution is 2.15. The Kier molecular flexibility index (Phi) is 10.1. The summed E-state index contributed by atoms with van der Waals surface area (Å²) in [4.78, 5) is 12.3. The molecule has 116 valence electrons. The zero-order valence-corrected chi connectivity index (χ0v) is 16.1. The van der Waals surface area contributed by atoms with Crippen LogP contribution in [0.4, 0.5) is 0 Å². The lowest BCUT2D eigenvalue weighted by Gasteiger charge is -2.16. The predicted molar refractivity (Wildman–Crippen MR) is 98.4 cm³/mol. The van der Waals surface area contributed by atoms with Gasteiger partial charge < -0.3 is 15.5 Å². The fourth-order valence-electron chi connectivity index (χ4n) is 1.52. The monoisotopic (exact) mass is 411 g/mol. The van der Waals surface area contributed by atoms with Crippen LogP contribution in [0.25, 0.3) is 0 Å². The number of halogens is 1.